The number of hydrogen-bond acceptors (Lipinski definition) is 7. The number of carbonyl (C=O) groups is 2. The summed E-state index contributed by atoms with van der Waals surface area (Å²) in [6, 6.07) is 9.10. The topological polar surface area (TPSA) is 140 Å². The van der Waals surface area contributed by atoms with Crippen LogP contribution in [-0.2, 0) is 4.74 Å². The number of aromatic hydroxyl groups is 2. The number of phenolic OH excluding ortho intramolecular Hbond substituents is 2. The average Bonchev–Trinajstić information content (AvgIpc) is 3.24. The Morgan fingerprint density at radius 1 is 1.00 bits per heavy atom. The molecule has 10 nitrogen and oxygen atoms in total. The Hall–Kier alpha value is -4.08. The number of phenols is 2. The molecule has 2 aromatic carbocycles. The van der Waals surface area contributed by atoms with Gasteiger partial charge in [0.15, 0.2) is 0 Å². The van der Waals surface area contributed by atoms with Crippen molar-refractivity contribution in [3.63, 3.8) is 0 Å². The van der Waals surface area contributed by atoms with Crippen LogP contribution in [0, 0.1) is 0 Å². The zero-order valence-electron chi connectivity index (χ0n) is 16.5. The van der Waals surface area contributed by atoms with Crippen molar-refractivity contribution in [1.82, 2.24) is 19.6 Å². The Bertz CT molecular complexity index is 1240. The number of rotatable bonds is 0. The van der Waals surface area contributed by atoms with Gasteiger partial charge in [-0.1, -0.05) is 0 Å². The molecule has 0 aliphatic rings. The van der Waals surface area contributed by atoms with Crippen LogP contribution in [-0.4, -0.2) is 52.7 Å². The number of aromatic nitrogens is 4. The molecule has 156 valence electrons. The van der Waals surface area contributed by atoms with Crippen LogP contribution in [0.15, 0.2) is 48.8 Å². The van der Waals surface area contributed by atoms with Crippen molar-refractivity contribution in [3.05, 3.63) is 48.8 Å². The third kappa shape index (κ3) is 4.66. The molecule has 0 amide bonds. The maximum absolute atomic E-state index is 11.7. The van der Waals surface area contributed by atoms with E-state index >= 15 is 0 Å². The fourth-order valence-corrected chi connectivity index (χ4v) is 2.59. The van der Waals surface area contributed by atoms with E-state index in [1.807, 2.05) is 0 Å². The van der Waals surface area contributed by atoms with E-state index in [0.29, 0.717) is 21.8 Å². The second-order valence-corrected chi connectivity index (χ2v) is 7.38. The molecule has 3 N–H and O–H groups in total. The van der Waals surface area contributed by atoms with Crippen molar-refractivity contribution in [3.8, 4) is 11.5 Å². The van der Waals surface area contributed by atoms with Gasteiger partial charge in [-0.3, -0.25) is 0 Å². The van der Waals surface area contributed by atoms with Crippen LogP contribution in [0.2, 0.25) is 0 Å². The predicted octanol–water partition coefficient (Wildman–Crippen LogP) is 3.79. The highest BCUT2D eigenvalue weighted by molar-refractivity contribution is 5.87. The van der Waals surface area contributed by atoms with Gasteiger partial charge in [0.1, 0.15) is 17.1 Å². The van der Waals surface area contributed by atoms with Crippen molar-refractivity contribution in [2.45, 2.75) is 26.4 Å². The van der Waals surface area contributed by atoms with Gasteiger partial charge in [0.05, 0.1) is 17.2 Å². The largest absolute Gasteiger partial charge is 0.508 e. The van der Waals surface area contributed by atoms with Crippen LogP contribution >= 0.6 is 0 Å². The van der Waals surface area contributed by atoms with Gasteiger partial charge in [0, 0.05) is 17.0 Å². The van der Waals surface area contributed by atoms with Crippen LogP contribution in [0.25, 0.3) is 21.8 Å². The molecule has 30 heavy (non-hydrogen) atoms. The van der Waals surface area contributed by atoms with Crippen molar-refractivity contribution >= 4 is 34.0 Å². The fraction of sp³-hybridized carbons (Fsp3) is 0.200. The fourth-order valence-electron chi connectivity index (χ4n) is 2.59. The highest BCUT2D eigenvalue weighted by Crippen LogP contribution is 2.20. The summed E-state index contributed by atoms with van der Waals surface area (Å²) in [5, 5.41) is 36.1. The molecule has 0 saturated carbocycles. The van der Waals surface area contributed by atoms with E-state index in [2.05, 4.69) is 10.2 Å². The second kappa shape index (κ2) is 7.74. The molecular formula is C20H20N4O6. The van der Waals surface area contributed by atoms with Gasteiger partial charge >= 0.3 is 12.2 Å². The van der Waals surface area contributed by atoms with E-state index in [1.165, 1.54) is 36.7 Å². The number of nitrogens with zero attached hydrogens (tertiary/aromatic N) is 4. The van der Waals surface area contributed by atoms with Gasteiger partial charge in [-0.05, 0) is 57.2 Å². The maximum Gasteiger partial charge on any atom is 0.435 e. The van der Waals surface area contributed by atoms with E-state index in [9.17, 15) is 14.7 Å². The smallest absolute Gasteiger partial charge is 0.435 e. The normalized spacial score (nSPS) is 11.2. The van der Waals surface area contributed by atoms with Gasteiger partial charge in [-0.15, -0.1) is 0 Å². The van der Waals surface area contributed by atoms with Crippen molar-refractivity contribution < 1.29 is 29.6 Å². The molecule has 10 heteroatoms. The van der Waals surface area contributed by atoms with Crippen molar-refractivity contribution in [2.75, 3.05) is 0 Å². The zero-order valence-corrected chi connectivity index (χ0v) is 16.5. The summed E-state index contributed by atoms with van der Waals surface area (Å²) in [4.78, 5) is 22.3. The van der Waals surface area contributed by atoms with E-state index in [0.717, 1.165) is 9.36 Å². The predicted molar refractivity (Wildman–Crippen MR) is 108 cm³/mol. The lowest BCUT2D eigenvalue weighted by atomic mass is 10.2. The minimum Gasteiger partial charge on any atom is -0.508 e. The van der Waals surface area contributed by atoms with Crippen molar-refractivity contribution in [2.24, 2.45) is 0 Å². The number of hydrogen-bond donors (Lipinski definition) is 3. The SMILES string of the molecule is CC(C)(C)OC(=O)n1cc2cc(O)ccc2n1.O=C(O)n1ncc2cc(O)ccc21. The highest BCUT2D eigenvalue weighted by Gasteiger charge is 2.18. The standard InChI is InChI=1S/C12H14N2O3.C8H6N2O3/c1-12(2,3)17-11(16)14-7-8-6-9(15)4-5-10(8)13-14;11-6-1-2-7-5(3-6)4-9-10(7)8(12)13/h4-7,15H,1-3H3;1-4,11H,(H,12,13). The number of benzene rings is 2. The second-order valence-electron chi connectivity index (χ2n) is 7.38. The molecule has 2 aromatic heterocycles. The molecule has 0 fully saturated rings. The number of carbonyl (C=O) groups excluding carboxylic acids is 1. The highest BCUT2D eigenvalue weighted by atomic mass is 16.6. The summed E-state index contributed by atoms with van der Waals surface area (Å²) in [7, 11) is 0. The summed E-state index contributed by atoms with van der Waals surface area (Å²) < 4.78 is 7.17. The van der Waals surface area contributed by atoms with Crippen molar-refractivity contribution in [1.29, 1.82) is 0 Å². The third-order valence-electron chi connectivity index (χ3n) is 3.80. The van der Waals surface area contributed by atoms with E-state index in [-0.39, 0.29) is 11.5 Å². The molecule has 4 aromatic rings. The molecule has 4 rings (SSSR count). The lowest BCUT2D eigenvalue weighted by molar-refractivity contribution is 0.0515. The van der Waals surface area contributed by atoms with Crippen LogP contribution in [0.3, 0.4) is 0 Å². The lowest BCUT2D eigenvalue weighted by Crippen LogP contribution is -2.27. The first-order chi connectivity index (χ1) is 14.0. The zero-order chi connectivity index (χ0) is 22.1. The lowest BCUT2D eigenvalue weighted by Gasteiger charge is -2.18. The Kier molecular flexibility index (Phi) is 5.33. The first-order valence-electron chi connectivity index (χ1n) is 8.85. The quantitative estimate of drug-likeness (QED) is 0.396. The van der Waals surface area contributed by atoms with E-state index in [4.69, 9.17) is 14.9 Å². The molecule has 0 spiro atoms. The Balaban J connectivity index is 0.000000177. The Labute approximate surface area is 170 Å². The first-order valence-corrected chi connectivity index (χ1v) is 8.85. The minimum absolute atomic E-state index is 0.0949. The van der Waals surface area contributed by atoms with Crippen LogP contribution < -0.4 is 0 Å². The first kappa shape index (κ1) is 20.6. The van der Waals surface area contributed by atoms with Gasteiger partial charge in [0.25, 0.3) is 0 Å². The molecule has 0 aliphatic heterocycles. The third-order valence-corrected chi connectivity index (χ3v) is 3.80. The minimum atomic E-state index is -1.14. The summed E-state index contributed by atoms with van der Waals surface area (Å²) in [6.07, 6.45) is 1.25. The molecule has 2 heterocycles. The van der Waals surface area contributed by atoms with Gasteiger partial charge < -0.3 is 20.1 Å². The summed E-state index contributed by atoms with van der Waals surface area (Å²) in [5.41, 5.74) is 0.538. The number of ether oxygens (including phenoxy) is 1. The van der Waals surface area contributed by atoms with Gasteiger partial charge in [-0.2, -0.15) is 19.6 Å². The molecular weight excluding hydrogens is 392 g/mol. The van der Waals surface area contributed by atoms with Crippen LogP contribution in [0.1, 0.15) is 20.8 Å². The van der Waals surface area contributed by atoms with Gasteiger partial charge in [-0.25, -0.2) is 9.59 Å². The maximum atomic E-state index is 11.7. The number of carboxylic acid groups (broad SMARTS) is 1. The van der Waals surface area contributed by atoms with E-state index in [1.54, 1.807) is 32.9 Å². The van der Waals surface area contributed by atoms with Gasteiger partial charge in [0.2, 0.25) is 0 Å². The molecule has 0 saturated heterocycles. The summed E-state index contributed by atoms with van der Waals surface area (Å²) >= 11 is 0. The Morgan fingerprint density at radius 2 is 1.63 bits per heavy atom. The Morgan fingerprint density at radius 3 is 2.27 bits per heavy atom. The molecule has 0 radical (unpaired) electrons. The average molecular weight is 412 g/mol. The summed E-state index contributed by atoms with van der Waals surface area (Å²) in [5.74, 6) is 0.235. The molecule has 0 bridgehead atoms. The van der Waals surface area contributed by atoms with E-state index < -0.39 is 17.8 Å². The summed E-state index contributed by atoms with van der Waals surface area (Å²) in [6.45, 7) is 5.37. The van der Waals surface area contributed by atoms with Crippen LogP contribution in [0.4, 0.5) is 9.59 Å². The molecule has 0 unspecified atom stereocenters. The monoisotopic (exact) mass is 412 g/mol. The molecule has 0 atom stereocenters. The van der Waals surface area contributed by atoms with Crippen LogP contribution in [0.5, 0.6) is 11.5 Å². The number of fused-ring (bicyclic) bond motifs is 2. The molecule has 0 aliphatic carbocycles.